The van der Waals surface area contributed by atoms with Gasteiger partial charge >= 0.3 is 50.1 Å². The Morgan fingerprint density at radius 3 is 1.38 bits per heavy atom. The summed E-state index contributed by atoms with van der Waals surface area (Å²) >= 11 is 0. The molecule has 0 unspecified atom stereocenters. The Kier molecular flexibility index (Phi) is 9.54. The molecule has 1 saturated carbocycles. The minimum absolute atomic E-state index is 0. The summed E-state index contributed by atoms with van der Waals surface area (Å²) in [5.74, 6) is 0. The zero-order valence-corrected chi connectivity index (χ0v) is 14.2. The van der Waals surface area contributed by atoms with Crippen molar-refractivity contribution in [1.29, 1.82) is 0 Å². The molecule has 3 nitrogen and oxygen atoms in total. The first kappa shape index (κ1) is 25.4. The topological polar surface area (TPSA) is 43.1 Å². The van der Waals surface area contributed by atoms with Crippen molar-refractivity contribution in [2.24, 2.45) is 0 Å². The fourth-order valence-electron chi connectivity index (χ4n) is 1.17. The second kappa shape index (κ2) is 9.02. The molecule has 11 heteroatoms. The Balaban J connectivity index is 0. The summed E-state index contributed by atoms with van der Waals surface area (Å²) in [5.41, 5.74) is 1.28. The number of benzene rings is 1. The number of hydrogen-bond donors (Lipinski definition) is 0. The van der Waals surface area contributed by atoms with Crippen LogP contribution in [0.5, 0.6) is 0 Å². The van der Waals surface area contributed by atoms with Crippen LogP contribution < -0.4 is 0 Å². The minimum atomic E-state index is -10.7. The van der Waals surface area contributed by atoms with Crippen molar-refractivity contribution in [2.45, 2.75) is 13.3 Å². The Morgan fingerprint density at radius 2 is 1.17 bits per heavy atom. The molecule has 137 valence electrons. The van der Waals surface area contributed by atoms with E-state index in [1.54, 1.807) is 12.1 Å². The SMILES string of the molecule is CCc1ccc([N+](=O)[O-])cc1.F[P-](F)(F)(F)(F)F.[CH]1[CH][CH][CH][CH]1.[Fe+2]. The molecule has 0 bridgehead atoms. The number of nitro benzene ring substituents is 1. The van der Waals surface area contributed by atoms with E-state index in [-0.39, 0.29) is 27.7 Å². The van der Waals surface area contributed by atoms with E-state index >= 15 is 0 Å². The van der Waals surface area contributed by atoms with Gasteiger partial charge < -0.3 is 0 Å². The normalized spacial score (nSPS) is 16.1. The van der Waals surface area contributed by atoms with Crippen molar-refractivity contribution in [1.82, 2.24) is 0 Å². The molecule has 0 N–H and O–H groups in total. The number of rotatable bonds is 2. The first-order chi connectivity index (χ1) is 10.2. The molecule has 24 heavy (non-hydrogen) atoms. The van der Waals surface area contributed by atoms with E-state index in [0.717, 1.165) is 12.0 Å². The second-order valence-corrected chi connectivity index (χ2v) is 6.11. The van der Waals surface area contributed by atoms with Crippen molar-refractivity contribution in [3.63, 3.8) is 0 Å². The van der Waals surface area contributed by atoms with Gasteiger partial charge in [-0.25, -0.2) is 0 Å². The van der Waals surface area contributed by atoms with Gasteiger partial charge in [-0.15, -0.1) is 0 Å². The third-order valence-electron chi connectivity index (χ3n) is 2.11. The average Bonchev–Trinajstić information content (AvgIpc) is 2.94. The van der Waals surface area contributed by atoms with Crippen molar-refractivity contribution in [3.8, 4) is 0 Å². The average molecular weight is 417 g/mol. The maximum absolute atomic E-state index is 10.7. The molecule has 1 aromatic carbocycles. The van der Waals surface area contributed by atoms with E-state index in [4.69, 9.17) is 0 Å². The Hall–Kier alpha value is -0.851. The van der Waals surface area contributed by atoms with Gasteiger partial charge in [0.1, 0.15) is 0 Å². The summed E-state index contributed by atoms with van der Waals surface area (Å²) in [6.45, 7) is 2.02. The zero-order chi connectivity index (χ0) is 18.2. The van der Waals surface area contributed by atoms with Gasteiger partial charge in [0.25, 0.3) is 5.69 Å². The Bertz CT molecular complexity index is 484. The molecule has 1 fully saturated rings. The molecule has 1 aromatic rings. The van der Waals surface area contributed by atoms with E-state index in [1.807, 2.05) is 39.0 Å². The summed E-state index contributed by atoms with van der Waals surface area (Å²) in [6, 6.07) is 6.61. The van der Waals surface area contributed by atoms with E-state index < -0.39 is 7.81 Å². The van der Waals surface area contributed by atoms with Crippen LogP contribution in [0.1, 0.15) is 12.5 Å². The second-order valence-electron chi connectivity index (χ2n) is 4.20. The van der Waals surface area contributed by atoms with Crippen LogP contribution >= 0.6 is 7.81 Å². The maximum atomic E-state index is 10.2. The van der Waals surface area contributed by atoms with Gasteiger partial charge in [0.05, 0.1) is 4.92 Å². The summed E-state index contributed by atoms with van der Waals surface area (Å²) in [4.78, 5) is 9.82. The van der Waals surface area contributed by atoms with Crippen LogP contribution in [0.25, 0.3) is 0 Å². The van der Waals surface area contributed by atoms with Crippen LogP contribution in [0.2, 0.25) is 0 Å². The van der Waals surface area contributed by atoms with Crippen LogP contribution in [0.3, 0.4) is 0 Å². The molecule has 0 atom stereocenters. The molecule has 5 radical (unpaired) electrons. The number of hydrogen-bond acceptors (Lipinski definition) is 2. The largest absolute Gasteiger partial charge is 2.00 e. The Labute approximate surface area is 146 Å². The zero-order valence-electron chi connectivity index (χ0n) is 12.2. The standard InChI is InChI=1S/C8H9NO2.C5H5.F6P.Fe/c1-2-7-3-5-8(6-4-7)9(10)11;1-2-4-5-3-1;1-7(2,3,4,5)6;/h3-6H,2H2,1H3;1-5H;;/q;;-1;+2. The smallest absolute Gasteiger partial charge is 0.0312 e. The van der Waals surface area contributed by atoms with Gasteiger partial charge in [-0.1, -0.05) is 19.1 Å². The predicted molar refractivity (Wildman–Crippen MR) is 77.5 cm³/mol. The molecule has 2 rings (SSSR count). The molecule has 0 aliphatic heterocycles. The third kappa shape index (κ3) is 21.1. The van der Waals surface area contributed by atoms with Crippen LogP contribution in [-0.4, -0.2) is 4.92 Å². The van der Waals surface area contributed by atoms with Crippen LogP contribution in [-0.2, 0) is 23.5 Å². The molecular weight excluding hydrogens is 403 g/mol. The van der Waals surface area contributed by atoms with Gasteiger partial charge in [-0.05, 0) is 44.1 Å². The molecule has 0 heterocycles. The first-order valence-electron chi connectivity index (χ1n) is 6.15. The third-order valence-corrected chi connectivity index (χ3v) is 2.11. The number of halogens is 6. The summed E-state index contributed by atoms with van der Waals surface area (Å²) < 4.78 is 59.2. The number of aryl methyl sites for hydroxylation is 1. The molecule has 1 aliphatic rings. The molecule has 1 aliphatic carbocycles. The molecule has 0 spiro atoms. The molecule has 0 saturated heterocycles. The van der Waals surface area contributed by atoms with Gasteiger partial charge in [0.2, 0.25) is 0 Å². The van der Waals surface area contributed by atoms with Crippen LogP contribution in [0.15, 0.2) is 24.3 Å². The summed E-state index contributed by atoms with van der Waals surface area (Å²) in [7, 11) is -10.7. The van der Waals surface area contributed by atoms with E-state index in [1.165, 1.54) is 12.1 Å². The van der Waals surface area contributed by atoms with Gasteiger partial charge in [0, 0.05) is 12.1 Å². The number of nitro groups is 1. The summed E-state index contributed by atoms with van der Waals surface area (Å²) in [6.07, 6.45) is 10.9. The summed E-state index contributed by atoms with van der Waals surface area (Å²) in [5, 5.41) is 10.2. The Morgan fingerprint density at radius 1 is 0.875 bits per heavy atom. The van der Waals surface area contributed by atoms with E-state index in [2.05, 4.69) is 0 Å². The van der Waals surface area contributed by atoms with Crippen LogP contribution in [0.4, 0.5) is 30.9 Å². The van der Waals surface area contributed by atoms with Crippen molar-refractivity contribution < 1.29 is 47.2 Å². The quantitative estimate of drug-likeness (QED) is 0.180. The minimum Gasteiger partial charge on any atom is -0.0312 e. The monoisotopic (exact) mass is 417 g/mol. The first-order valence-corrected chi connectivity index (χ1v) is 8.18. The van der Waals surface area contributed by atoms with Gasteiger partial charge in [-0.3, -0.25) is 10.1 Å². The van der Waals surface area contributed by atoms with Crippen molar-refractivity contribution >= 4 is 13.5 Å². The fourth-order valence-corrected chi connectivity index (χ4v) is 1.17. The van der Waals surface area contributed by atoms with Gasteiger partial charge in [0.15, 0.2) is 0 Å². The molecular formula is C13H14F6FeNO2P+. The molecule has 0 amide bonds. The fraction of sp³-hybridized carbons (Fsp3) is 0.154. The van der Waals surface area contributed by atoms with Gasteiger partial charge in [-0.2, -0.15) is 0 Å². The maximum Gasteiger partial charge on any atom is 2.00 e. The predicted octanol–water partition coefficient (Wildman–Crippen LogP) is 6.56. The van der Waals surface area contributed by atoms with Crippen molar-refractivity contribution in [2.75, 3.05) is 0 Å². The number of non-ortho nitro benzene ring substituents is 1. The van der Waals surface area contributed by atoms with E-state index in [9.17, 15) is 35.3 Å². The molecule has 0 aromatic heterocycles. The number of nitrogens with zero attached hydrogens (tertiary/aromatic N) is 1. The van der Waals surface area contributed by atoms with Crippen molar-refractivity contribution in [3.05, 3.63) is 72.0 Å². The van der Waals surface area contributed by atoms with E-state index in [0.29, 0.717) is 0 Å². The van der Waals surface area contributed by atoms with Crippen LogP contribution in [0, 0.1) is 42.2 Å².